The van der Waals surface area contributed by atoms with Crippen LogP contribution in [-0.2, 0) is 4.79 Å². The Hall–Kier alpha value is -1.83. The van der Waals surface area contributed by atoms with Crippen LogP contribution in [0, 0.1) is 5.92 Å². The molecule has 2 N–H and O–H groups in total. The minimum atomic E-state index is -4.36. The van der Waals surface area contributed by atoms with Crippen LogP contribution in [-0.4, -0.2) is 35.4 Å². The molecule has 2 rings (SSSR count). The van der Waals surface area contributed by atoms with Crippen molar-refractivity contribution in [2.24, 2.45) is 5.92 Å². The summed E-state index contributed by atoms with van der Waals surface area (Å²) in [4.78, 5) is 15.8. The van der Waals surface area contributed by atoms with Crippen molar-refractivity contribution >= 4 is 5.91 Å². The van der Waals surface area contributed by atoms with Gasteiger partial charge in [0.15, 0.2) is 0 Å². The summed E-state index contributed by atoms with van der Waals surface area (Å²) in [5.41, 5.74) is 0.654. The third-order valence-corrected chi connectivity index (χ3v) is 3.90. The second-order valence-electron chi connectivity index (χ2n) is 5.70. The number of halogens is 3. The molecule has 0 spiro atoms. The second-order valence-corrected chi connectivity index (χ2v) is 5.70. The average Bonchev–Trinajstić information content (AvgIpc) is 2.47. The Morgan fingerprint density at radius 1 is 1.48 bits per heavy atom. The quantitative estimate of drug-likeness (QED) is 0.839. The number of carbonyl (C=O) groups is 1. The van der Waals surface area contributed by atoms with E-state index >= 15 is 0 Å². The molecule has 1 saturated carbocycles. The Balaban J connectivity index is 2.07. The number of rotatable bonds is 6. The Morgan fingerprint density at radius 3 is 2.74 bits per heavy atom. The van der Waals surface area contributed by atoms with E-state index in [1.54, 1.807) is 12.3 Å². The van der Waals surface area contributed by atoms with Gasteiger partial charge in [-0.15, -0.1) is 0 Å². The molecule has 1 aliphatic carbocycles. The minimum Gasteiger partial charge on any atom is -0.495 e. The largest absolute Gasteiger partial charge is 0.495 e. The molecule has 0 radical (unpaired) electrons. The highest BCUT2D eigenvalue weighted by Gasteiger charge is 2.36. The van der Waals surface area contributed by atoms with Gasteiger partial charge in [0.1, 0.15) is 5.75 Å². The van der Waals surface area contributed by atoms with E-state index in [0.29, 0.717) is 24.2 Å². The van der Waals surface area contributed by atoms with E-state index in [9.17, 15) is 23.1 Å². The maximum atomic E-state index is 12.2. The molecular weight excluding hydrogens is 313 g/mol. The molecule has 0 bridgehead atoms. The van der Waals surface area contributed by atoms with E-state index in [4.69, 9.17) is 4.74 Å². The first-order chi connectivity index (χ1) is 10.8. The van der Waals surface area contributed by atoms with Gasteiger partial charge in [-0.05, 0) is 30.4 Å². The van der Waals surface area contributed by atoms with Crippen molar-refractivity contribution in [2.75, 3.05) is 7.11 Å². The summed E-state index contributed by atoms with van der Waals surface area (Å²) < 4.78 is 41.7. The second kappa shape index (κ2) is 7.16. The van der Waals surface area contributed by atoms with Crippen LogP contribution >= 0.6 is 0 Å². The van der Waals surface area contributed by atoms with Crippen LogP contribution in [0.25, 0.3) is 0 Å². The molecule has 1 aromatic heterocycles. The molecule has 0 aromatic carbocycles. The van der Waals surface area contributed by atoms with Crippen LogP contribution in [0.5, 0.6) is 5.75 Å². The van der Waals surface area contributed by atoms with Crippen LogP contribution < -0.4 is 10.1 Å². The number of nitrogens with one attached hydrogen (secondary N) is 1. The SMILES string of the molecule is COc1cncc([C@@H](NC(=O)CCC(F)(F)F)C2CC(O)C2)c1. The fourth-order valence-electron chi connectivity index (χ4n) is 2.59. The lowest BCUT2D eigenvalue weighted by Gasteiger charge is -2.38. The molecule has 1 aromatic rings. The zero-order valence-corrected chi connectivity index (χ0v) is 12.6. The number of aliphatic hydroxyl groups is 1. The zero-order valence-electron chi connectivity index (χ0n) is 12.6. The van der Waals surface area contributed by atoms with Crippen molar-refractivity contribution in [1.29, 1.82) is 0 Å². The molecule has 1 amide bonds. The topological polar surface area (TPSA) is 71.5 Å². The van der Waals surface area contributed by atoms with Gasteiger partial charge in [-0.1, -0.05) is 0 Å². The Kier molecular flexibility index (Phi) is 5.46. The molecule has 0 aliphatic heterocycles. The zero-order chi connectivity index (χ0) is 17.0. The summed E-state index contributed by atoms with van der Waals surface area (Å²) >= 11 is 0. The number of methoxy groups -OCH3 is 1. The fourth-order valence-corrected chi connectivity index (χ4v) is 2.59. The Bertz CT molecular complexity index is 545. The van der Waals surface area contributed by atoms with Crippen molar-refractivity contribution in [3.63, 3.8) is 0 Å². The molecule has 1 aliphatic rings. The van der Waals surface area contributed by atoms with Crippen molar-refractivity contribution in [3.05, 3.63) is 24.0 Å². The lowest BCUT2D eigenvalue weighted by atomic mass is 9.75. The van der Waals surface area contributed by atoms with Crippen molar-refractivity contribution in [2.45, 2.75) is 44.0 Å². The molecule has 0 unspecified atom stereocenters. The Morgan fingerprint density at radius 2 is 2.17 bits per heavy atom. The first kappa shape index (κ1) is 17.5. The van der Waals surface area contributed by atoms with Crippen LogP contribution in [0.2, 0.25) is 0 Å². The van der Waals surface area contributed by atoms with Crippen LogP contribution in [0.4, 0.5) is 13.2 Å². The first-order valence-electron chi connectivity index (χ1n) is 7.31. The summed E-state index contributed by atoms with van der Waals surface area (Å²) in [5.74, 6) is -0.206. The number of pyridine rings is 1. The minimum absolute atomic E-state index is 0.0336. The number of carbonyl (C=O) groups excluding carboxylic acids is 1. The fraction of sp³-hybridized carbons (Fsp3) is 0.600. The number of aliphatic hydroxyl groups excluding tert-OH is 1. The van der Waals surface area contributed by atoms with Gasteiger partial charge in [0.2, 0.25) is 5.91 Å². The van der Waals surface area contributed by atoms with Gasteiger partial charge in [-0.25, -0.2) is 0 Å². The highest BCUT2D eigenvalue weighted by molar-refractivity contribution is 5.76. The van der Waals surface area contributed by atoms with Crippen molar-refractivity contribution < 1.29 is 27.8 Å². The molecule has 1 atom stereocenters. The van der Waals surface area contributed by atoms with Gasteiger partial charge < -0.3 is 15.2 Å². The number of alkyl halides is 3. The van der Waals surface area contributed by atoms with E-state index in [-0.39, 0.29) is 5.92 Å². The standard InChI is InChI=1S/C15H19F3N2O3/c1-23-12-6-10(7-19-8-12)14(9-4-11(21)5-9)20-13(22)2-3-15(16,17)18/h6-9,11,14,21H,2-5H2,1H3,(H,20,22)/t9?,11?,14-/m0/s1. The number of hydrogen-bond acceptors (Lipinski definition) is 4. The average molecular weight is 332 g/mol. The smallest absolute Gasteiger partial charge is 0.389 e. The number of hydrogen-bond donors (Lipinski definition) is 2. The third-order valence-electron chi connectivity index (χ3n) is 3.90. The van der Waals surface area contributed by atoms with E-state index in [1.807, 2.05) is 0 Å². The highest BCUT2D eigenvalue weighted by Crippen LogP contribution is 2.38. The van der Waals surface area contributed by atoms with E-state index in [0.717, 1.165) is 0 Å². The predicted molar refractivity (Wildman–Crippen MR) is 75.7 cm³/mol. The lowest BCUT2D eigenvalue weighted by molar-refractivity contribution is -0.144. The maximum Gasteiger partial charge on any atom is 0.389 e. The summed E-state index contributed by atoms with van der Waals surface area (Å²) in [6, 6.07) is 1.20. The molecule has 0 saturated heterocycles. The molecule has 1 heterocycles. The van der Waals surface area contributed by atoms with Crippen LogP contribution in [0.1, 0.15) is 37.3 Å². The normalized spacial score (nSPS) is 22.1. The summed E-state index contributed by atoms with van der Waals surface area (Å²) in [7, 11) is 1.48. The highest BCUT2D eigenvalue weighted by atomic mass is 19.4. The van der Waals surface area contributed by atoms with E-state index in [1.165, 1.54) is 13.3 Å². The number of nitrogens with zero attached hydrogens (tertiary/aromatic N) is 1. The maximum absolute atomic E-state index is 12.2. The molecular formula is C15H19F3N2O3. The molecule has 1 fully saturated rings. The Labute approximate surface area is 131 Å². The van der Waals surface area contributed by atoms with Gasteiger partial charge in [0.25, 0.3) is 0 Å². The van der Waals surface area contributed by atoms with Gasteiger partial charge in [-0.3, -0.25) is 9.78 Å². The summed E-state index contributed by atoms with van der Waals surface area (Å²) in [5, 5.41) is 12.1. The third kappa shape index (κ3) is 5.09. The van der Waals surface area contributed by atoms with Crippen molar-refractivity contribution in [1.82, 2.24) is 10.3 Å². The van der Waals surface area contributed by atoms with Gasteiger partial charge in [0.05, 0.1) is 31.9 Å². The van der Waals surface area contributed by atoms with Crippen LogP contribution in [0.15, 0.2) is 18.5 Å². The van der Waals surface area contributed by atoms with E-state index < -0.39 is 37.1 Å². The van der Waals surface area contributed by atoms with Gasteiger partial charge >= 0.3 is 6.18 Å². The van der Waals surface area contributed by atoms with Gasteiger partial charge in [-0.2, -0.15) is 13.2 Å². The number of amides is 1. The summed E-state index contributed by atoms with van der Waals surface area (Å²) in [6.45, 7) is 0. The molecule has 5 nitrogen and oxygen atoms in total. The van der Waals surface area contributed by atoms with E-state index in [2.05, 4.69) is 10.3 Å². The molecule has 128 valence electrons. The van der Waals surface area contributed by atoms with Crippen molar-refractivity contribution in [3.8, 4) is 5.75 Å². The number of ether oxygens (including phenoxy) is 1. The predicted octanol–water partition coefficient (Wildman–Crippen LogP) is 2.36. The van der Waals surface area contributed by atoms with Crippen LogP contribution in [0.3, 0.4) is 0 Å². The first-order valence-corrected chi connectivity index (χ1v) is 7.31. The molecule has 23 heavy (non-hydrogen) atoms. The molecule has 8 heteroatoms. The number of aromatic nitrogens is 1. The summed E-state index contributed by atoms with van der Waals surface area (Å²) in [6.07, 6.45) is -2.56. The van der Waals surface area contributed by atoms with Gasteiger partial charge in [0, 0.05) is 12.6 Å². The lowest BCUT2D eigenvalue weighted by Crippen LogP contribution is -2.41. The monoisotopic (exact) mass is 332 g/mol.